The maximum absolute atomic E-state index is 11.1. The third kappa shape index (κ3) is 8.34. The summed E-state index contributed by atoms with van der Waals surface area (Å²) in [6, 6.07) is 0. The average molecular weight is 233 g/mol. The van der Waals surface area contributed by atoms with Crippen LogP contribution in [0.15, 0.2) is 0 Å². The second-order valence-corrected chi connectivity index (χ2v) is 3.40. The number of aliphatic hydroxyl groups excluding tert-OH is 2. The van der Waals surface area contributed by atoms with Crippen LogP contribution in [0, 0.1) is 0 Å². The van der Waals surface area contributed by atoms with Gasteiger partial charge in [-0.25, -0.2) is 0 Å². The third-order valence-corrected chi connectivity index (χ3v) is 1.90. The minimum absolute atomic E-state index is 0.0253. The molecule has 0 aliphatic heterocycles. The van der Waals surface area contributed by atoms with E-state index in [1.54, 1.807) is 4.90 Å². The molecule has 6 heteroatoms. The van der Waals surface area contributed by atoms with Crippen LogP contribution in [-0.4, -0.2) is 66.3 Å². The predicted octanol–water partition coefficient (Wildman–Crippen LogP) is -1.20. The number of rotatable bonds is 9. The van der Waals surface area contributed by atoms with Gasteiger partial charge in [-0.05, 0) is 6.92 Å². The summed E-state index contributed by atoms with van der Waals surface area (Å²) in [5.41, 5.74) is 0. The quantitative estimate of drug-likeness (QED) is 0.486. The fourth-order valence-corrected chi connectivity index (χ4v) is 1.12. The van der Waals surface area contributed by atoms with Gasteiger partial charge in [-0.2, -0.15) is 0 Å². The number of carbonyl (C=O) groups is 2. The smallest absolute Gasteiger partial charge is 0.307 e. The highest BCUT2D eigenvalue weighted by Gasteiger charge is 2.09. The van der Waals surface area contributed by atoms with Gasteiger partial charge in [0.15, 0.2) is 5.78 Å². The Morgan fingerprint density at radius 2 is 1.69 bits per heavy atom. The molecule has 0 atom stereocenters. The first-order chi connectivity index (χ1) is 7.60. The van der Waals surface area contributed by atoms with E-state index in [0.29, 0.717) is 19.6 Å². The van der Waals surface area contributed by atoms with E-state index in [-0.39, 0.29) is 32.0 Å². The molecule has 0 aromatic carbocycles. The van der Waals surface area contributed by atoms with Crippen LogP contribution in [0.2, 0.25) is 0 Å². The maximum Gasteiger partial charge on any atom is 0.307 e. The van der Waals surface area contributed by atoms with Crippen molar-refractivity contribution in [3.8, 4) is 0 Å². The molecule has 0 unspecified atom stereocenters. The molecule has 2 N–H and O–H groups in total. The molecular formula is C10H19NO5. The largest absolute Gasteiger partial charge is 0.458 e. The SMILES string of the molecule is CC(=O)COC(=O)CCN(CCO)CCO. The van der Waals surface area contributed by atoms with Crippen molar-refractivity contribution in [2.24, 2.45) is 0 Å². The van der Waals surface area contributed by atoms with Gasteiger partial charge in [0.25, 0.3) is 0 Å². The lowest BCUT2D eigenvalue weighted by Crippen LogP contribution is -2.32. The molecule has 0 aromatic rings. The van der Waals surface area contributed by atoms with Gasteiger partial charge < -0.3 is 14.9 Å². The number of nitrogens with zero attached hydrogens (tertiary/aromatic N) is 1. The number of hydrogen-bond donors (Lipinski definition) is 2. The number of ether oxygens (including phenoxy) is 1. The zero-order valence-electron chi connectivity index (χ0n) is 9.52. The Kier molecular flexibility index (Phi) is 8.69. The van der Waals surface area contributed by atoms with E-state index in [1.807, 2.05) is 0 Å². The zero-order valence-corrected chi connectivity index (χ0v) is 9.52. The third-order valence-electron chi connectivity index (χ3n) is 1.90. The van der Waals surface area contributed by atoms with Crippen LogP contribution in [0.25, 0.3) is 0 Å². The molecule has 0 saturated heterocycles. The van der Waals surface area contributed by atoms with E-state index in [0.717, 1.165) is 0 Å². The van der Waals surface area contributed by atoms with E-state index >= 15 is 0 Å². The minimum Gasteiger partial charge on any atom is -0.458 e. The highest BCUT2D eigenvalue weighted by molar-refractivity contribution is 5.80. The van der Waals surface area contributed by atoms with Crippen molar-refractivity contribution in [3.05, 3.63) is 0 Å². The second-order valence-electron chi connectivity index (χ2n) is 3.40. The van der Waals surface area contributed by atoms with Crippen molar-refractivity contribution < 1.29 is 24.5 Å². The molecule has 0 radical (unpaired) electrons. The summed E-state index contributed by atoms with van der Waals surface area (Å²) in [5.74, 6) is -0.646. The van der Waals surface area contributed by atoms with Gasteiger partial charge >= 0.3 is 5.97 Å². The van der Waals surface area contributed by atoms with Gasteiger partial charge in [0, 0.05) is 19.6 Å². The zero-order chi connectivity index (χ0) is 12.4. The molecule has 0 heterocycles. The molecule has 0 amide bonds. The first-order valence-electron chi connectivity index (χ1n) is 5.19. The van der Waals surface area contributed by atoms with Crippen molar-refractivity contribution in [1.29, 1.82) is 0 Å². The van der Waals surface area contributed by atoms with Crippen LogP contribution < -0.4 is 0 Å². The van der Waals surface area contributed by atoms with Crippen LogP contribution in [0.5, 0.6) is 0 Å². The summed E-state index contributed by atoms with van der Waals surface area (Å²) < 4.78 is 4.67. The summed E-state index contributed by atoms with van der Waals surface area (Å²) in [4.78, 5) is 23.4. The van der Waals surface area contributed by atoms with E-state index in [1.165, 1.54) is 6.92 Å². The highest BCUT2D eigenvalue weighted by atomic mass is 16.5. The minimum atomic E-state index is -0.448. The Hall–Kier alpha value is -0.980. The lowest BCUT2D eigenvalue weighted by molar-refractivity contribution is -0.147. The monoisotopic (exact) mass is 233 g/mol. The normalized spacial score (nSPS) is 10.5. The molecule has 0 aliphatic carbocycles. The maximum atomic E-state index is 11.1. The number of carbonyl (C=O) groups excluding carboxylic acids is 2. The Morgan fingerprint density at radius 3 is 2.12 bits per heavy atom. The Morgan fingerprint density at radius 1 is 1.12 bits per heavy atom. The van der Waals surface area contributed by atoms with Crippen LogP contribution >= 0.6 is 0 Å². The molecule has 0 bridgehead atoms. The predicted molar refractivity (Wildman–Crippen MR) is 56.9 cm³/mol. The molecule has 6 nitrogen and oxygen atoms in total. The topological polar surface area (TPSA) is 87.1 Å². The Balaban J connectivity index is 3.72. The first kappa shape index (κ1) is 15.0. The van der Waals surface area contributed by atoms with Crippen LogP contribution in [0.4, 0.5) is 0 Å². The number of esters is 1. The summed E-state index contributed by atoms with van der Waals surface area (Å²) >= 11 is 0. The lowest BCUT2D eigenvalue weighted by atomic mass is 10.3. The van der Waals surface area contributed by atoms with E-state index in [9.17, 15) is 9.59 Å². The van der Waals surface area contributed by atoms with Crippen molar-refractivity contribution >= 4 is 11.8 Å². The van der Waals surface area contributed by atoms with E-state index in [4.69, 9.17) is 10.2 Å². The van der Waals surface area contributed by atoms with Crippen LogP contribution in [0.1, 0.15) is 13.3 Å². The van der Waals surface area contributed by atoms with Crippen molar-refractivity contribution in [2.45, 2.75) is 13.3 Å². The molecule has 0 aliphatic rings. The number of hydrogen-bond acceptors (Lipinski definition) is 6. The lowest BCUT2D eigenvalue weighted by Gasteiger charge is -2.19. The summed E-state index contributed by atoms with van der Waals surface area (Å²) in [6.45, 7) is 2.31. The van der Waals surface area contributed by atoms with Gasteiger partial charge in [0.2, 0.25) is 0 Å². The molecular weight excluding hydrogens is 214 g/mol. The van der Waals surface area contributed by atoms with Gasteiger partial charge in [-0.1, -0.05) is 0 Å². The van der Waals surface area contributed by atoms with Gasteiger partial charge in [-0.15, -0.1) is 0 Å². The van der Waals surface area contributed by atoms with Crippen molar-refractivity contribution in [2.75, 3.05) is 39.5 Å². The van der Waals surface area contributed by atoms with Crippen LogP contribution in [-0.2, 0) is 14.3 Å². The fourth-order valence-electron chi connectivity index (χ4n) is 1.12. The van der Waals surface area contributed by atoms with Gasteiger partial charge in [0.05, 0.1) is 19.6 Å². The van der Waals surface area contributed by atoms with Crippen molar-refractivity contribution in [3.63, 3.8) is 0 Å². The summed E-state index contributed by atoms with van der Waals surface area (Å²) in [6.07, 6.45) is 0.146. The Bertz CT molecular complexity index is 213. The molecule has 16 heavy (non-hydrogen) atoms. The molecule has 0 aromatic heterocycles. The average Bonchev–Trinajstić information content (AvgIpc) is 2.23. The number of Topliss-reactive ketones (excluding diaryl/α,β-unsaturated/α-hetero) is 1. The number of aliphatic hydroxyl groups is 2. The van der Waals surface area contributed by atoms with Crippen molar-refractivity contribution in [1.82, 2.24) is 4.90 Å². The van der Waals surface area contributed by atoms with Gasteiger partial charge in [0.1, 0.15) is 6.61 Å². The number of ketones is 1. The molecule has 94 valence electrons. The van der Waals surface area contributed by atoms with E-state index in [2.05, 4.69) is 4.74 Å². The highest BCUT2D eigenvalue weighted by Crippen LogP contribution is 1.93. The molecule has 0 saturated carbocycles. The summed E-state index contributed by atoms with van der Waals surface area (Å²) in [5, 5.41) is 17.4. The molecule has 0 fully saturated rings. The second kappa shape index (κ2) is 9.26. The summed E-state index contributed by atoms with van der Waals surface area (Å²) in [7, 11) is 0. The fraction of sp³-hybridized carbons (Fsp3) is 0.800. The van der Waals surface area contributed by atoms with E-state index < -0.39 is 5.97 Å². The first-order valence-corrected chi connectivity index (χ1v) is 5.19. The van der Waals surface area contributed by atoms with Gasteiger partial charge in [-0.3, -0.25) is 14.5 Å². The molecule has 0 spiro atoms. The Labute approximate surface area is 94.8 Å². The van der Waals surface area contributed by atoms with Crippen LogP contribution in [0.3, 0.4) is 0 Å². The standard InChI is InChI=1S/C10H19NO5/c1-9(14)8-16-10(15)2-3-11(4-6-12)5-7-13/h12-13H,2-8H2,1H3. The molecule has 0 rings (SSSR count).